The van der Waals surface area contributed by atoms with E-state index in [1.54, 1.807) is 39.0 Å². The van der Waals surface area contributed by atoms with Crippen LogP contribution in [0.15, 0.2) is 48.5 Å². The number of aryl methyl sites for hydroxylation is 2. The maximum atomic E-state index is 13.3. The zero-order valence-corrected chi connectivity index (χ0v) is 19.8. The molecule has 174 valence electrons. The number of anilines is 1. The molecule has 33 heavy (non-hydrogen) atoms. The molecule has 0 saturated heterocycles. The summed E-state index contributed by atoms with van der Waals surface area (Å²) in [5, 5.41) is 5.26. The lowest BCUT2D eigenvalue weighted by Crippen LogP contribution is -2.44. The van der Waals surface area contributed by atoms with Crippen molar-refractivity contribution in [2.45, 2.75) is 52.7 Å². The van der Waals surface area contributed by atoms with Crippen LogP contribution in [0.4, 0.5) is 10.5 Å². The van der Waals surface area contributed by atoms with E-state index in [1.165, 1.54) is 0 Å². The molecule has 0 radical (unpaired) electrons. The summed E-state index contributed by atoms with van der Waals surface area (Å²) in [5.41, 5.74) is 2.42. The molecule has 0 saturated carbocycles. The topological polar surface area (TPSA) is 87.7 Å². The third-order valence-corrected chi connectivity index (χ3v) is 4.80. The molecule has 1 unspecified atom stereocenters. The standard InChI is InChI=1S/C26H31N3O4/c1-7-19-13-15-20(16-14-19)23(24(31)28-21-12-10-9-11-18(21)3)29(8-2)22(30)17-27-25(32)33-26(4,5)6/h2,9-16,23H,7,17H2,1,3-6H3,(H,27,32)(H,28,31). The molecule has 2 aromatic rings. The summed E-state index contributed by atoms with van der Waals surface area (Å²) < 4.78 is 5.16. The Labute approximate surface area is 195 Å². The highest BCUT2D eigenvalue weighted by Gasteiger charge is 2.31. The average molecular weight is 450 g/mol. The van der Waals surface area contributed by atoms with Crippen molar-refractivity contribution in [3.8, 4) is 12.5 Å². The lowest BCUT2D eigenvalue weighted by atomic mass is 10.0. The number of nitrogens with zero attached hydrogens (tertiary/aromatic N) is 1. The molecule has 0 fully saturated rings. The van der Waals surface area contributed by atoms with E-state index in [9.17, 15) is 14.4 Å². The van der Waals surface area contributed by atoms with Crippen LogP contribution in [-0.2, 0) is 20.7 Å². The summed E-state index contributed by atoms with van der Waals surface area (Å²) in [4.78, 5) is 39.2. The third kappa shape index (κ3) is 7.39. The number of terminal acetylenes is 1. The Balaban J connectivity index is 2.30. The molecular weight excluding hydrogens is 418 g/mol. The molecule has 2 rings (SSSR count). The van der Waals surface area contributed by atoms with Gasteiger partial charge in [-0.05, 0) is 56.9 Å². The Kier molecular flexibility index (Phi) is 8.63. The van der Waals surface area contributed by atoms with E-state index in [1.807, 2.05) is 44.2 Å². The van der Waals surface area contributed by atoms with Gasteiger partial charge in [0, 0.05) is 11.7 Å². The zero-order chi connectivity index (χ0) is 24.6. The first-order chi connectivity index (χ1) is 15.6. The number of hydrogen-bond acceptors (Lipinski definition) is 4. The number of benzene rings is 2. The summed E-state index contributed by atoms with van der Waals surface area (Å²) in [6.07, 6.45) is 5.75. The van der Waals surface area contributed by atoms with Crippen molar-refractivity contribution >= 4 is 23.6 Å². The van der Waals surface area contributed by atoms with Crippen LogP contribution in [0.3, 0.4) is 0 Å². The monoisotopic (exact) mass is 449 g/mol. The number of amides is 3. The second kappa shape index (κ2) is 11.2. The fourth-order valence-corrected chi connectivity index (χ4v) is 3.11. The maximum absolute atomic E-state index is 13.3. The molecule has 0 aliphatic carbocycles. The van der Waals surface area contributed by atoms with E-state index in [4.69, 9.17) is 11.2 Å². The van der Waals surface area contributed by atoms with Crippen molar-refractivity contribution in [3.05, 3.63) is 65.2 Å². The number of rotatable bonds is 7. The van der Waals surface area contributed by atoms with E-state index >= 15 is 0 Å². The van der Waals surface area contributed by atoms with Gasteiger partial charge in [0.25, 0.3) is 11.8 Å². The molecule has 1 atom stereocenters. The number of ether oxygens (including phenoxy) is 1. The molecule has 0 heterocycles. The molecule has 0 bridgehead atoms. The van der Waals surface area contributed by atoms with E-state index < -0.39 is 36.1 Å². The Bertz CT molecular complexity index is 1030. The molecule has 0 aliphatic rings. The van der Waals surface area contributed by atoms with Crippen molar-refractivity contribution in [1.29, 1.82) is 0 Å². The van der Waals surface area contributed by atoms with Crippen LogP contribution < -0.4 is 10.6 Å². The van der Waals surface area contributed by atoms with Crippen LogP contribution in [0.25, 0.3) is 0 Å². The molecule has 3 amide bonds. The molecule has 0 spiro atoms. The number of hydrogen-bond donors (Lipinski definition) is 2. The van der Waals surface area contributed by atoms with Gasteiger partial charge in [-0.2, -0.15) is 0 Å². The van der Waals surface area contributed by atoms with E-state index in [0.29, 0.717) is 11.3 Å². The van der Waals surface area contributed by atoms with Crippen molar-refractivity contribution in [1.82, 2.24) is 10.2 Å². The molecule has 7 nitrogen and oxygen atoms in total. The van der Waals surface area contributed by atoms with Gasteiger partial charge in [-0.3, -0.25) is 14.5 Å². The van der Waals surface area contributed by atoms with E-state index in [-0.39, 0.29) is 0 Å². The number of para-hydroxylation sites is 1. The minimum atomic E-state index is -1.09. The van der Waals surface area contributed by atoms with Crippen molar-refractivity contribution in [2.24, 2.45) is 0 Å². The predicted octanol–water partition coefficient (Wildman–Crippen LogP) is 4.18. The minimum Gasteiger partial charge on any atom is -0.444 e. The summed E-state index contributed by atoms with van der Waals surface area (Å²) in [6.45, 7) is 8.63. The van der Waals surface area contributed by atoms with Crippen molar-refractivity contribution in [3.63, 3.8) is 0 Å². The molecular formula is C26H31N3O4. The summed E-state index contributed by atoms with van der Waals surface area (Å²) in [5.74, 6) is -1.08. The average Bonchev–Trinajstić information content (AvgIpc) is 2.76. The number of nitrogens with one attached hydrogen (secondary N) is 2. The summed E-state index contributed by atoms with van der Waals surface area (Å²) in [6, 6.07) is 15.9. The Morgan fingerprint density at radius 2 is 1.73 bits per heavy atom. The highest BCUT2D eigenvalue weighted by Crippen LogP contribution is 2.24. The van der Waals surface area contributed by atoms with Crippen LogP contribution in [0, 0.1) is 19.4 Å². The molecule has 2 aromatic carbocycles. The second-order valence-electron chi connectivity index (χ2n) is 8.55. The first-order valence-corrected chi connectivity index (χ1v) is 10.8. The van der Waals surface area contributed by atoms with Crippen LogP contribution in [0.5, 0.6) is 0 Å². The Morgan fingerprint density at radius 1 is 1.09 bits per heavy atom. The first kappa shape index (κ1) is 25.5. The van der Waals surface area contributed by atoms with Crippen molar-refractivity contribution < 1.29 is 19.1 Å². The maximum Gasteiger partial charge on any atom is 0.408 e. The van der Waals surface area contributed by atoms with Crippen LogP contribution in [0.2, 0.25) is 0 Å². The van der Waals surface area contributed by atoms with Crippen LogP contribution >= 0.6 is 0 Å². The zero-order valence-electron chi connectivity index (χ0n) is 19.8. The minimum absolute atomic E-state index is 0.416. The smallest absolute Gasteiger partial charge is 0.408 e. The van der Waals surface area contributed by atoms with Gasteiger partial charge in [0.05, 0.1) is 0 Å². The Hall–Kier alpha value is -3.79. The van der Waals surface area contributed by atoms with Gasteiger partial charge in [0.15, 0.2) is 0 Å². The fraction of sp³-hybridized carbons (Fsp3) is 0.346. The summed E-state index contributed by atoms with van der Waals surface area (Å²) >= 11 is 0. The van der Waals surface area contributed by atoms with Crippen LogP contribution in [-0.4, -0.2) is 35.0 Å². The van der Waals surface area contributed by atoms with Gasteiger partial charge in [0.1, 0.15) is 18.2 Å². The van der Waals surface area contributed by atoms with Gasteiger partial charge < -0.3 is 15.4 Å². The highest BCUT2D eigenvalue weighted by atomic mass is 16.6. The largest absolute Gasteiger partial charge is 0.444 e. The third-order valence-electron chi connectivity index (χ3n) is 4.80. The lowest BCUT2D eigenvalue weighted by Gasteiger charge is -2.27. The second-order valence-corrected chi connectivity index (χ2v) is 8.55. The Morgan fingerprint density at radius 3 is 2.27 bits per heavy atom. The lowest BCUT2D eigenvalue weighted by molar-refractivity contribution is -0.134. The number of carbonyl (C=O) groups excluding carboxylic acids is 3. The van der Waals surface area contributed by atoms with Crippen LogP contribution in [0.1, 0.15) is 50.4 Å². The van der Waals surface area contributed by atoms with Gasteiger partial charge in [-0.1, -0.05) is 55.8 Å². The number of carbonyl (C=O) groups is 3. The molecule has 0 aliphatic heterocycles. The molecule has 7 heteroatoms. The van der Waals surface area contributed by atoms with E-state index in [0.717, 1.165) is 22.4 Å². The normalized spacial score (nSPS) is 11.6. The number of alkyl carbamates (subject to hydrolysis) is 1. The quantitative estimate of drug-likeness (QED) is 0.490. The summed E-state index contributed by atoms with van der Waals surface area (Å²) in [7, 11) is 0. The first-order valence-electron chi connectivity index (χ1n) is 10.8. The SMILES string of the molecule is C#CN(C(=O)CNC(=O)OC(C)(C)C)C(C(=O)Nc1ccccc1C)c1ccc(CC)cc1. The van der Waals surface area contributed by atoms with Gasteiger partial charge in [-0.15, -0.1) is 0 Å². The van der Waals surface area contributed by atoms with Crippen molar-refractivity contribution in [2.75, 3.05) is 11.9 Å². The molecule has 0 aromatic heterocycles. The van der Waals surface area contributed by atoms with E-state index in [2.05, 4.69) is 16.7 Å². The predicted molar refractivity (Wildman–Crippen MR) is 128 cm³/mol. The van der Waals surface area contributed by atoms with Gasteiger partial charge >= 0.3 is 6.09 Å². The molecule has 2 N–H and O–H groups in total. The van der Waals surface area contributed by atoms with Gasteiger partial charge in [0.2, 0.25) is 0 Å². The highest BCUT2D eigenvalue weighted by molar-refractivity contribution is 5.99. The van der Waals surface area contributed by atoms with Gasteiger partial charge in [-0.25, -0.2) is 4.79 Å². The fourth-order valence-electron chi connectivity index (χ4n) is 3.11.